The number of amides is 1. The van der Waals surface area contributed by atoms with Crippen LogP contribution >= 0.6 is 0 Å². The maximum atomic E-state index is 13.1. The molecule has 3 fully saturated rings. The number of hydrogen-bond acceptors (Lipinski definition) is 5. The Hall–Kier alpha value is -2.42. The van der Waals surface area contributed by atoms with Gasteiger partial charge in [0, 0.05) is 24.8 Å². The molecule has 2 aliphatic carbocycles. The van der Waals surface area contributed by atoms with E-state index >= 15 is 0 Å². The summed E-state index contributed by atoms with van der Waals surface area (Å²) in [5.74, 6) is -0.0350. The molecule has 5 atom stereocenters. The van der Waals surface area contributed by atoms with Crippen molar-refractivity contribution in [2.45, 2.75) is 31.2 Å². The Morgan fingerprint density at radius 2 is 1.96 bits per heavy atom. The highest BCUT2D eigenvalue weighted by Crippen LogP contribution is 2.56. The number of methoxy groups -OCH3 is 1. The van der Waals surface area contributed by atoms with E-state index in [9.17, 15) is 18.0 Å². The summed E-state index contributed by atoms with van der Waals surface area (Å²) in [6.45, 7) is 0.742. The molecule has 1 aliphatic heterocycles. The lowest BCUT2D eigenvalue weighted by Crippen LogP contribution is -2.44. The molecule has 0 spiro atoms. The van der Waals surface area contributed by atoms with Crippen LogP contribution in [0, 0.1) is 17.8 Å². The van der Waals surface area contributed by atoms with E-state index in [2.05, 4.69) is 14.7 Å². The van der Waals surface area contributed by atoms with Crippen LogP contribution in [0.2, 0.25) is 0 Å². The Morgan fingerprint density at radius 1 is 1.21 bits per heavy atom. The fourth-order valence-electron chi connectivity index (χ4n) is 5.34. The van der Waals surface area contributed by atoms with Gasteiger partial charge >= 0.3 is 12.1 Å². The molecular weight excluding hydrogens is 375 g/mol. The molecule has 0 radical (unpaired) electrons. The van der Waals surface area contributed by atoms with Crippen molar-refractivity contribution in [3.05, 3.63) is 35.7 Å². The molecule has 2 bridgehead atoms. The Balaban J connectivity index is 1.36. The molecule has 3 aliphatic rings. The number of nitrogens with zero attached hydrogens (tertiary/aromatic N) is 3. The van der Waals surface area contributed by atoms with Gasteiger partial charge in [-0.2, -0.15) is 18.2 Å². The number of carbonyl (C=O) groups excluding carboxylic acids is 1. The summed E-state index contributed by atoms with van der Waals surface area (Å²) in [5.41, 5.74) is 0.843. The zero-order chi connectivity index (χ0) is 19.6. The van der Waals surface area contributed by atoms with Gasteiger partial charge in [0.25, 0.3) is 5.91 Å². The molecule has 148 valence electrons. The quantitative estimate of drug-likeness (QED) is 0.801. The van der Waals surface area contributed by atoms with Crippen molar-refractivity contribution in [1.29, 1.82) is 0 Å². The highest BCUT2D eigenvalue weighted by Gasteiger charge is 2.60. The maximum absolute atomic E-state index is 13.1. The number of likely N-dealkylation sites (tertiary alicyclic amines) is 1. The summed E-state index contributed by atoms with van der Waals surface area (Å²) < 4.78 is 47.8. The van der Waals surface area contributed by atoms with Crippen molar-refractivity contribution in [1.82, 2.24) is 15.0 Å². The first-order valence-electron chi connectivity index (χ1n) is 9.22. The normalized spacial score (nSPS) is 31.0. The number of aromatic nitrogens is 2. The van der Waals surface area contributed by atoms with Gasteiger partial charge in [0.1, 0.15) is 0 Å². The number of alkyl halides is 3. The summed E-state index contributed by atoms with van der Waals surface area (Å²) in [5, 5.41) is 3.37. The predicted octanol–water partition coefficient (Wildman–Crippen LogP) is 3.25. The molecule has 1 saturated heterocycles. The zero-order valence-electron chi connectivity index (χ0n) is 15.0. The monoisotopic (exact) mass is 393 g/mol. The van der Waals surface area contributed by atoms with E-state index in [-0.39, 0.29) is 23.9 Å². The van der Waals surface area contributed by atoms with Crippen LogP contribution in [0.5, 0.6) is 0 Å². The van der Waals surface area contributed by atoms with Crippen LogP contribution < -0.4 is 0 Å². The molecule has 1 aromatic carbocycles. The predicted molar refractivity (Wildman–Crippen MR) is 90.1 cm³/mol. The van der Waals surface area contributed by atoms with E-state index < -0.39 is 12.1 Å². The molecule has 2 aromatic rings. The van der Waals surface area contributed by atoms with E-state index in [0.29, 0.717) is 28.9 Å². The topological polar surface area (TPSA) is 68.5 Å². The standard InChI is InChI=1S/C19H18F3N3O3/c1-27-15-11-6-12-8-25(14(15)13(12)7-11)17(26)10-4-2-9(3-5-10)16-23-18(28-24-16)19(20,21)22/h2-5,11-15H,6-8H2,1H3/t11-,12+,13-,14-,15+/m0/s1. The molecule has 2 saturated carbocycles. The minimum Gasteiger partial charge on any atom is -0.379 e. The van der Waals surface area contributed by atoms with Crippen LogP contribution in [0.3, 0.4) is 0 Å². The third kappa shape index (κ3) is 2.56. The van der Waals surface area contributed by atoms with Gasteiger partial charge in [0.05, 0.1) is 12.1 Å². The van der Waals surface area contributed by atoms with Crippen molar-refractivity contribution >= 4 is 5.91 Å². The Labute approximate surface area is 158 Å². The van der Waals surface area contributed by atoms with Crippen molar-refractivity contribution in [2.75, 3.05) is 13.7 Å². The summed E-state index contributed by atoms with van der Waals surface area (Å²) in [6.07, 6.45) is -2.36. The van der Waals surface area contributed by atoms with Crippen molar-refractivity contribution in [3.63, 3.8) is 0 Å². The first-order valence-corrected chi connectivity index (χ1v) is 9.22. The Kier molecular flexibility index (Phi) is 3.81. The highest BCUT2D eigenvalue weighted by molar-refractivity contribution is 5.95. The third-order valence-electron chi connectivity index (χ3n) is 6.41. The minimum atomic E-state index is -4.69. The molecule has 9 heteroatoms. The summed E-state index contributed by atoms with van der Waals surface area (Å²) >= 11 is 0. The average Bonchev–Trinajstić information content (AvgIpc) is 3.40. The lowest BCUT2D eigenvalue weighted by atomic mass is 9.88. The summed E-state index contributed by atoms with van der Waals surface area (Å²) in [6, 6.07) is 6.38. The molecule has 28 heavy (non-hydrogen) atoms. The number of ether oxygens (including phenoxy) is 1. The molecule has 6 nitrogen and oxygen atoms in total. The Morgan fingerprint density at radius 3 is 2.61 bits per heavy atom. The average molecular weight is 393 g/mol. The fourth-order valence-corrected chi connectivity index (χ4v) is 5.34. The second kappa shape index (κ2) is 6.04. The van der Waals surface area contributed by atoms with Crippen LogP contribution in [0.4, 0.5) is 13.2 Å². The van der Waals surface area contributed by atoms with Crippen molar-refractivity contribution < 1.29 is 27.2 Å². The molecule has 1 aromatic heterocycles. The molecule has 0 N–H and O–H groups in total. The zero-order valence-corrected chi connectivity index (χ0v) is 15.0. The third-order valence-corrected chi connectivity index (χ3v) is 6.41. The minimum absolute atomic E-state index is 0.0715. The van der Waals surface area contributed by atoms with Crippen LogP contribution in [0.25, 0.3) is 11.4 Å². The van der Waals surface area contributed by atoms with Crippen LogP contribution in [0.1, 0.15) is 29.1 Å². The highest BCUT2D eigenvalue weighted by atomic mass is 19.4. The number of fused-ring (bicyclic) bond motifs is 1. The van der Waals surface area contributed by atoms with Crippen LogP contribution in [0.15, 0.2) is 28.8 Å². The van der Waals surface area contributed by atoms with Gasteiger partial charge in [-0.25, -0.2) is 0 Å². The fraction of sp³-hybridized carbons (Fsp3) is 0.526. The van der Waals surface area contributed by atoms with E-state index in [0.717, 1.165) is 19.4 Å². The molecule has 2 heterocycles. The lowest BCUT2D eigenvalue weighted by molar-refractivity contribution is -0.159. The number of carbonyl (C=O) groups is 1. The number of hydrogen-bond donors (Lipinski definition) is 0. The van der Waals surface area contributed by atoms with E-state index in [1.54, 1.807) is 19.2 Å². The van der Waals surface area contributed by atoms with E-state index in [1.807, 2.05) is 4.90 Å². The number of rotatable bonds is 3. The van der Waals surface area contributed by atoms with Gasteiger partial charge in [-0.15, -0.1) is 0 Å². The van der Waals surface area contributed by atoms with Crippen molar-refractivity contribution in [3.8, 4) is 11.4 Å². The number of benzene rings is 1. The Bertz CT molecular complexity index is 909. The molecular formula is C19H18F3N3O3. The molecule has 5 rings (SSSR count). The van der Waals surface area contributed by atoms with Crippen LogP contribution in [-0.2, 0) is 10.9 Å². The number of halogens is 3. The summed E-state index contributed by atoms with van der Waals surface area (Å²) in [4.78, 5) is 18.4. The second-order valence-corrected chi connectivity index (χ2v) is 7.80. The van der Waals surface area contributed by atoms with Crippen LogP contribution in [-0.4, -0.2) is 46.7 Å². The van der Waals surface area contributed by atoms with Crippen molar-refractivity contribution in [2.24, 2.45) is 17.8 Å². The first kappa shape index (κ1) is 17.7. The van der Waals surface area contributed by atoms with Gasteiger partial charge in [-0.05, 0) is 42.7 Å². The first-order chi connectivity index (χ1) is 13.4. The van der Waals surface area contributed by atoms with E-state index in [1.165, 1.54) is 12.1 Å². The van der Waals surface area contributed by atoms with Gasteiger partial charge in [-0.1, -0.05) is 17.3 Å². The van der Waals surface area contributed by atoms with Gasteiger partial charge < -0.3 is 14.2 Å². The van der Waals surface area contributed by atoms with Gasteiger partial charge in [0.15, 0.2) is 0 Å². The van der Waals surface area contributed by atoms with Gasteiger partial charge in [0.2, 0.25) is 5.82 Å². The SMILES string of the molecule is CO[C@@H]1[C@H]2C[C@@H]3CN(C(=O)c4ccc(-c5noc(C(F)(F)F)n5)cc4)[C@H]1[C@H]3C2. The molecule has 1 amide bonds. The summed E-state index contributed by atoms with van der Waals surface area (Å²) in [7, 11) is 1.70. The largest absolute Gasteiger partial charge is 0.471 e. The smallest absolute Gasteiger partial charge is 0.379 e. The lowest BCUT2D eigenvalue weighted by Gasteiger charge is -2.31. The van der Waals surface area contributed by atoms with Gasteiger partial charge in [-0.3, -0.25) is 4.79 Å². The maximum Gasteiger partial charge on any atom is 0.471 e. The van der Waals surface area contributed by atoms with E-state index in [4.69, 9.17) is 4.74 Å². The molecule has 0 unspecified atom stereocenters. The second-order valence-electron chi connectivity index (χ2n) is 7.80.